The van der Waals surface area contributed by atoms with Crippen LogP contribution in [-0.4, -0.2) is 11.1 Å². The first-order chi connectivity index (χ1) is 6.93. The smallest absolute Gasteiger partial charge is 0.311 e. The molecular formula is C11H12F2O2. The normalized spacial score (nSPS) is 12.9. The molecule has 15 heavy (non-hydrogen) atoms. The van der Waals surface area contributed by atoms with Gasteiger partial charge < -0.3 is 5.11 Å². The van der Waals surface area contributed by atoms with E-state index in [2.05, 4.69) is 0 Å². The Bertz CT molecular complexity index is 375. The summed E-state index contributed by atoms with van der Waals surface area (Å²) in [4.78, 5) is 10.9. The topological polar surface area (TPSA) is 37.3 Å². The number of hydrogen-bond donors (Lipinski definition) is 1. The summed E-state index contributed by atoms with van der Waals surface area (Å²) in [6.45, 7) is 3.44. The highest BCUT2D eigenvalue weighted by atomic mass is 19.2. The summed E-state index contributed by atoms with van der Waals surface area (Å²) < 4.78 is 25.5. The van der Waals surface area contributed by atoms with Crippen LogP contribution in [0.2, 0.25) is 0 Å². The third-order valence-corrected chi connectivity index (χ3v) is 2.24. The molecule has 0 bridgehead atoms. The Hall–Kier alpha value is -1.45. The first-order valence-corrected chi connectivity index (χ1v) is 4.61. The average Bonchev–Trinajstić information content (AvgIpc) is 2.10. The SMILES string of the molecule is CC(C)C(C(=O)O)c1ccc(F)c(F)c1. The van der Waals surface area contributed by atoms with E-state index < -0.39 is 23.5 Å². The third-order valence-electron chi connectivity index (χ3n) is 2.24. The highest BCUT2D eigenvalue weighted by Gasteiger charge is 2.24. The van der Waals surface area contributed by atoms with Crippen molar-refractivity contribution in [1.29, 1.82) is 0 Å². The summed E-state index contributed by atoms with van der Waals surface area (Å²) in [5.41, 5.74) is 0.288. The van der Waals surface area contributed by atoms with E-state index in [-0.39, 0.29) is 11.5 Å². The molecule has 2 nitrogen and oxygen atoms in total. The number of carboxylic acid groups (broad SMARTS) is 1. The maximum Gasteiger partial charge on any atom is 0.311 e. The van der Waals surface area contributed by atoms with Crippen LogP contribution in [0, 0.1) is 17.6 Å². The molecule has 1 unspecified atom stereocenters. The number of halogens is 2. The number of rotatable bonds is 3. The zero-order valence-electron chi connectivity index (χ0n) is 8.50. The van der Waals surface area contributed by atoms with Crippen LogP contribution in [0.4, 0.5) is 8.78 Å². The van der Waals surface area contributed by atoms with Crippen molar-refractivity contribution in [3.63, 3.8) is 0 Å². The Labute approximate surface area is 86.5 Å². The molecular weight excluding hydrogens is 202 g/mol. The molecule has 1 aromatic rings. The third kappa shape index (κ3) is 2.52. The van der Waals surface area contributed by atoms with Crippen molar-refractivity contribution in [2.24, 2.45) is 5.92 Å². The molecule has 0 aliphatic carbocycles. The predicted molar refractivity (Wildman–Crippen MR) is 51.6 cm³/mol. The van der Waals surface area contributed by atoms with Crippen LogP contribution >= 0.6 is 0 Å². The lowest BCUT2D eigenvalue weighted by molar-refractivity contribution is -0.139. The van der Waals surface area contributed by atoms with E-state index >= 15 is 0 Å². The molecule has 0 saturated carbocycles. The molecule has 0 amide bonds. The van der Waals surface area contributed by atoms with Gasteiger partial charge in [-0.2, -0.15) is 0 Å². The lowest BCUT2D eigenvalue weighted by atomic mass is 9.88. The average molecular weight is 214 g/mol. The van der Waals surface area contributed by atoms with E-state index in [0.717, 1.165) is 12.1 Å². The van der Waals surface area contributed by atoms with Gasteiger partial charge in [-0.05, 0) is 23.6 Å². The van der Waals surface area contributed by atoms with Gasteiger partial charge >= 0.3 is 5.97 Å². The zero-order chi connectivity index (χ0) is 11.6. The Morgan fingerprint density at radius 2 is 1.87 bits per heavy atom. The predicted octanol–water partition coefficient (Wildman–Crippen LogP) is 2.79. The van der Waals surface area contributed by atoms with Crippen LogP contribution in [0.15, 0.2) is 18.2 Å². The van der Waals surface area contributed by atoms with Crippen molar-refractivity contribution in [2.45, 2.75) is 19.8 Å². The molecule has 4 heteroatoms. The van der Waals surface area contributed by atoms with E-state index in [0.29, 0.717) is 0 Å². The largest absolute Gasteiger partial charge is 0.481 e. The molecule has 0 aliphatic heterocycles. The number of benzene rings is 1. The minimum atomic E-state index is -1.03. The van der Waals surface area contributed by atoms with Gasteiger partial charge in [0.1, 0.15) is 0 Å². The number of hydrogen-bond acceptors (Lipinski definition) is 1. The molecule has 1 N–H and O–H groups in total. The Balaban J connectivity index is 3.12. The van der Waals surface area contributed by atoms with Crippen LogP contribution in [-0.2, 0) is 4.79 Å². The molecule has 1 aromatic carbocycles. The second-order valence-corrected chi connectivity index (χ2v) is 3.73. The van der Waals surface area contributed by atoms with E-state index in [1.165, 1.54) is 6.07 Å². The van der Waals surface area contributed by atoms with Crippen LogP contribution in [0.25, 0.3) is 0 Å². The molecule has 0 aliphatic rings. The molecule has 0 saturated heterocycles. The van der Waals surface area contributed by atoms with Crippen LogP contribution in [0.1, 0.15) is 25.3 Å². The van der Waals surface area contributed by atoms with E-state index in [1.54, 1.807) is 13.8 Å². The van der Waals surface area contributed by atoms with Gasteiger partial charge in [-0.15, -0.1) is 0 Å². The Kier molecular flexibility index (Phi) is 3.39. The zero-order valence-corrected chi connectivity index (χ0v) is 8.50. The molecule has 0 spiro atoms. The van der Waals surface area contributed by atoms with Crippen molar-refractivity contribution >= 4 is 5.97 Å². The summed E-state index contributed by atoms with van der Waals surface area (Å²) in [5, 5.41) is 8.94. The van der Waals surface area contributed by atoms with Gasteiger partial charge in [-0.3, -0.25) is 4.79 Å². The fourth-order valence-corrected chi connectivity index (χ4v) is 1.52. The van der Waals surface area contributed by atoms with Crippen molar-refractivity contribution in [3.05, 3.63) is 35.4 Å². The van der Waals surface area contributed by atoms with Gasteiger partial charge in [-0.1, -0.05) is 19.9 Å². The van der Waals surface area contributed by atoms with Crippen molar-refractivity contribution in [2.75, 3.05) is 0 Å². The van der Waals surface area contributed by atoms with Crippen LogP contribution < -0.4 is 0 Å². The molecule has 0 fully saturated rings. The minimum Gasteiger partial charge on any atom is -0.481 e. The van der Waals surface area contributed by atoms with Crippen LogP contribution in [0.5, 0.6) is 0 Å². The lowest BCUT2D eigenvalue weighted by Gasteiger charge is -2.16. The summed E-state index contributed by atoms with van der Waals surface area (Å²) in [7, 11) is 0. The van der Waals surface area contributed by atoms with Crippen molar-refractivity contribution in [1.82, 2.24) is 0 Å². The molecule has 82 valence electrons. The highest BCUT2D eigenvalue weighted by Crippen LogP contribution is 2.25. The summed E-state index contributed by atoms with van der Waals surface area (Å²) in [5.74, 6) is -3.99. The first kappa shape index (κ1) is 11.6. The maximum absolute atomic E-state index is 12.9. The van der Waals surface area contributed by atoms with Gasteiger partial charge in [0.2, 0.25) is 0 Å². The van der Waals surface area contributed by atoms with E-state index in [4.69, 9.17) is 5.11 Å². The van der Waals surface area contributed by atoms with E-state index in [1.807, 2.05) is 0 Å². The van der Waals surface area contributed by atoms with Crippen molar-refractivity contribution < 1.29 is 18.7 Å². The molecule has 0 radical (unpaired) electrons. The highest BCUT2D eigenvalue weighted by molar-refractivity contribution is 5.76. The maximum atomic E-state index is 12.9. The summed E-state index contributed by atoms with van der Waals surface area (Å²) in [6.07, 6.45) is 0. The molecule has 0 aromatic heterocycles. The minimum absolute atomic E-state index is 0.174. The summed E-state index contributed by atoms with van der Waals surface area (Å²) in [6, 6.07) is 3.19. The fraction of sp³-hybridized carbons (Fsp3) is 0.364. The molecule has 0 heterocycles. The number of carboxylic acids is 1. The lowest BCUT2D eigenvalue weighted by Crippen LogP contribution is -2.17. The van der Waals surface area contributed by atoms with E-state index in [9.17, 15) is 13.6 Å². The second-order valence-electron chi connectivity index (χ2n) is 3.73. The Morgan fingerprint density at radius 3 is 2.27 bits per heavy atom. The van der Waals surface area contributed by atoms with Gasteiger partial charge in [0.15, 0.2) is 11.6 Å². The van der Waals surface area contributed by atoms with Gasteiger partial charge in [-0.25, -0.2) is 8.78 Å². The van der Waals surface area contributed by atoms with Crippen LogP contribution in [0.3, 0.4) is 0 Å². The molecule has 1 rings (SSSR count). The number of aliphatic carboxylic acids is 1. The summed E-state index contributed by atoms with van der Waals surface area (Å²) >= 11 is 0. The van der Waals surface area contributed by atoms with Gasteiger partial charge in [0.25, 0.3) is 0 Å². The number of carbonyl (C=O) groups is 1. The monoisotopic (exact) mass is 214 g/mol. The standard InChI is InChI=1S/C11H12F2O2/c1-6(2)10(11(14)15)7-3-4-8(12)9(13)5-7/h3-6,10H,1-2H3,(H,14,15). The second kappa shape index (κ2) is 4.38. The van der Waals surface area contributed by atoms with Gasteiger partial charge in [0, 0.05) is 0 Å². The van der Waals surface area contributed by atoms with Crippen molar-refractivity contribution in [3.8, 4) is 0 Å². The molecule has 1 atom stereocenters. The first-order valence-electron chi connectivity index (χ1n) is 4.61. The fourth-order valence-electron chi connectivity index (χ4n) is 1.52. The quantitative estimate of drug-likeness (QED) is 0.840. The Morgan fingerprint density at radius 1 is 1.27 bits per heavy atom. The van der Waals surface area contributed by atoms with Gasteiger partial charge in [0.05, 0.1) is 5.92 Å².